The standard InChI is InChI=1S/C54H90O9/c1-5-9-13-17-29-41-55-51(56-42-30-18-14-10-6-2)39-27-33-45-59-53(61-47-49-35-23-21-24-36-49)63-54(62-48-50-37-25-22-26-38-50)60-46-34-28-40-52(57-43-31-19-15-11-7-3)58-44-32-20-16-12-8-4/h21-26,33-38,45-46,51-54H,5-20,27-32,39-44,47-48H2,1-4H3. The Morgan fingerprint density at radius 2 is 0.698 bits per heavy atom. The fourth-order valence-electron chi connectivity index (χ4n) is 6.74. The predicted molar refractivity (Wildman–Crippen MR) is 256 cm³/mol. The number of rotatable bonds is 46. The van der Waals surface area contributed by atoms with Crippen molar-refractivity contribution in [3.8, 4) is 0 Å². The molecule has 0 aliphatic heterocycles. The molecule has 2 atom stereocenters. The van der Waals surface area contributed by atoms with E-state index in [4.69, 9.17) is 42.6 Å². The summed E-state index contributed by atoms with van der Waals surface area (Å²) in [5.74, 6) is 0. The fraction of sp³-hybridized carbons (Fsp3) is 0.704. The zero-order valence-electron chi connectivity index (χ0n) is 40.3. The van der Waals surface area contributed by atoms with E-state index < -0.39 is 13.0 Å². The second-order valence-electron chi connectivity index (χ2n) is 16.5. The first-order chi connectivity index (χ1) is 31.2. The molecule has 2 rings (SSSR count). The topological polar surface area (TPSA) is 83.1 Å². The van der Waals surface area contributed by atoms with Gasteiger partial charge in [-0.1, -0.05) is 191 Å². The van der Waals surface area contributed by atoms with Gasteiger partial charge in [-0.15, -0.1) is 0 Å². The van der Waals surface area contributed by atoms with Crippen molar-refractivity contribution in [3.63, 3.8) is 0 Å². The molecule has 0 N–H and O–H groups in total. The molecule has 360 valence electrons. The van der Waals surface area contributed by atoms with E-state index in [2.05, 4.69) is 27.7 Å². The Morgan fingerprint density at radius 1 is 0.381 bits per heavy atom. The molecule has 0 saturated heterocycles. The molecule has 2 aromatic rings. The Morgan fingerprint density at radius 3 is 1.02 bits per heavy atom. The van der Waals surface area contributed by atoms with Gasteiger partial charge in [-0.05, 0) is 61.8 Å². The summed E-state index contributed by atoms with van der Waals surface area (Å²) in [5, 5.41) is 0. The molecule has 0 spiro atoms. The maximum atomic E-state index is 6.23. The van der Waals surface area contributed by atoms with E-state index in [1.54, 1.807) is 12.5 Å². The van der Waals surface area contributed by atoms with Gasteiger partial charge in [0.15, 0.2) is 12.6 Å². The molecule has 2 unspecified atom stereocenters. The molecule has 0 aliphatic rings. The van der Waals surface area contributed by atoms with Gasteiger partial charge in [0.1, 0.15) is 0 Å². The second-order valence-corrected chi connectivity index (χ2v) is 16.5. The zero-order chi connectivity index (χ0) is 44.9. The van der Waals surface area contributed by atoms with Gasteiger partial charge in [0.05, 0.1) is 25.7 Å². The van der Waals surface area contributed by atoms with Crippen molar-refractivity contribution in [2.24, 2.45) is 0 Å². The van der Waals surface area contributed by atoms with E-state index in [9.17, 15) is 0 Å². The molecule has 0 amide bonds. The van der Waals surface area contributed by atoms with Crippen LogP contribution in [0.4, 0.5) is 0 Å². The SMILES string of the molecule is CCCCCCCOC(CCC=COC(OCc1ccccc1)OC(OC=CCCC(OCCCCCCC)OCCCCCCC)OCc1ccccc1)OCCCCCCC. The van der Waals surface area contributed by atoms with Crippen molar-refractivity contribution in [3.05, 3.63) is 96.5 Å². The van der Waals surface area contributed by atoms with Crippen LogP contribution in [0.1, 0.15) is 193 Å². The van der Waals surface area contributed by atoms with Crippen LogP contribution in [0, 0.1) is 0 Å². The first-order valence-corrected chi connectivity index (χ1v) is 25.2. The van der Waals surface area contributed by atoms with Crippen LogP contribution < -0.4 is 0 Å². The minimum atomic E-state index is -1.11. The van der Waals surface area contributed by atoms with Crippen LogP contribution in [-0.2, 0) is 55.8 Å². The molecule has 0 bridgehead atoms. The first-order valence-electron chi connectivity index (χ1n) is 25.2. The Kier molecular flexibility index (Phi) is 38.6. The average Bonchev–Trinajstić information content (AvgIpc) is 3.31. The van der Waals surface area contributed by atoms with E-state index in [1.165, 1.54) is 103 Å². The molecule has 0 aromatic heterocycles. The molecular formula is C54H90O9. The lowest BCUT2D eigenvalue weighted by molar-refractivity contribution is -0.383. The summed E-state index contributed by atoms with van der Waals surface area (Å²) in [7, 11) is 0. The van der Waals surface area contributed by atoms with E-state index in [0.29, 0.717) is 39.3 Å². The van der Waals surface area contributed by atoms with Crippen LogP contribution in [0.15, 0.2) is 85.3 Å². The quantitative estimate of drug-likeness (QED) is 0.0367. The van der Waals surface area contributed by atoms with E-state index in [-0.39, 0.29) is 25.8 Å². The van der Waals surface area contributed by atoms with Gasteiger partial charge in [-0.2, -0.15) is 0 Å². The number of benzene rings is 2. The minimum Gasteiger partial charge on any atom is -0.449 e. The average molecular weight is 883 g/mol. The Labute approximate surface area is 384 Å². The summed E-state index contributed by atoms with van der Waals surface area (Å²) in [6, 6.07) is 19.9. The third-order valence-electron chi connectivity index (χ3n) is 10.6. The van der Waals surface area contributed by atoms with Gasteiger partial charge in [-0.3, -0.25) is 4.74 Å². The van der Waals surface area contributed by atoms with Crippen LogP contribution in [0.25, 0.3) is 0 Å². The summed E-state index contributed by atoms with van der Waals surface area (Å²) in [6.07, 6.45) is 33.6. The maximum absolute atomic E-state index is 6.23. The van der Waals surface area contributed by atoms with E-state index >= 15 is 0 Å². The lowest BCUT2D eigenvalue weighted by Gasteiger charge is -2.24. The van der Waals surface area contributed by atoms with Crippen molar-refractivity contribution >= 4 is 0 Å². The Balaban J connectivity index is 2.04. The summed E-state index contributed by atoms with van der Waals surface area (Å²) < 4.78 is 55.6. The zero-order valence-corrected chi connectivity index (χ0v) is 40.3. The molecule has 2 aromatic carbocycles. The highest BCUT2D eigenvalue weighted by Crippen LogP contribution is 2.16. The highest BCUT2D eigenvalue weighted by Gasteiger charge is 2.20. The van der Waals surface area contributed by atoms with Gasteiger partial charge in [0.2, 0.25) is 0 Å². The summed E-state index contributed by atoms with van der Waals surface area (Å²) in [4.78, 5) is 0. The predicted octanol–water partition coefficient (Wildman–Crippen LogP) is 15.2. The molecule has 0 saturated carbocycles. The summed E-state index contributed by atoms with van der Waals surface area (Å²) in [6.45, 7) is 10.2. The number of hydrogen-bond acceptors (Lipinski definition) is 9. The summed E-state index contributed by atoms with van der Waals surface area (Å²) >= 11 is 0. The van der Waals surface area contributed by atoms with Crippen molar-refractivity contribution in [1.29, 1.82) is 0 Å². The molecule has 0 aliphatic carbocycles. The molecule has 9 heteroatoms. The van der Waals surface area contributed by atoms with Crippen molar-refractivity contribution < 1.29 is 42.6 Å². The molecule has 63 heavy (non-hydrogen) atoms. The minimum absolute atomic E-state index is 0.246. The highest BCUT2D eigenvalue weighted by atomic mass is 16.9. The lowest BCUT2D eigenvalue weighted by atomic mass is 10.2. The second kappa shape index (κ2) is 43.1. The molecular weight excluding hydrogens is 793 g/mol. The fourth-order valence-corrected chi connectivity index (χ4v) is 6.74. The van der Waals surface area contributed by atoms with Crippen LogP contribution in [0.3, 0.4) is 0 Å². The molecule has 9 nitrogen and oxygen atoms in total. The highest BCUT2D eigenvalue weighted by molar-refractivity contribution is 5.14. The normalized spacial score (nSPS) is 12.9. The smallest absolute Gasteiger partial charge is 0.320 e. The molecule has 0 radical (unpaired) electrons. The number of hydrogen-bond donors (Lipinski definition) is 0. The Bertz CT molecular complexity index is 1150. The van der Waals surface area contributed by atoms with Crippen molar-refractivity contribution in [1.82, 2.24) is 0 Å². The number of ether oxygens (including phenoxy) is 9. The lowest BCUT2D eigenvalue weighted by Crippen LogP contribution is -2.29. The van der Waals surface area contributed by atoms with Crippen LogP contribution >= 0.6 is 0 Å². The first kappa shape index (κ1) is 56.4. The van der Waals surface area contributed by atoms with Crippen LogP contribution in [0.5, 0.6) is 0 Å². The Hall–Kier alpha value is -2.76. The van der Waals surface area contributed by atoms with Crippen LogP contribution in [0.2, 0.25) is 0 Å². The van der Waals surface area contributed by atoms with Gasteiger partial charge in [0.25, 0.3) is 0 Å². The van der Waals surface area contributed by atoms with Gasteiger partial charge < -0.3 is 37.9 Å². The van der Waals surface area contributed by atoms with Crippen molar-refractivity contribution in [2.45, 2.75) is 221 Å². The van der Waals surface area contributed by atoms with Crippen molar-refractivity contribution in [2.75, 3.05) is 26.4 Å². The largest absolute Gasteiger partial charge is 0.449 e. The summed E-state index contributed by atoms with van der Waals surface area (Å²) in [5.41, 5.74) is 1.98. The third kappa shape index (κ3) is 34.3. The maximum Gasteiger partial charge on any atom is 0.320 e. The van der Waals surface area contributed by atoms with E-state index in [0.717, 1.165) is 49.7 Å². The monoisotopic (exact) mass is 883 g/mol. The molecule has 0 heterocycles. The van der Waals surface area contributed by atoms with Gasteiger partial charge >= 0.3 is 13.0 Å². The van der Waals surface area contributed by atoms with Gasteiger partial charge in [-0.25, -0.2) is 0 Å². The van der Waals surface area contributed by atoms with Gasteiger partial charge in [0, 0.05) is 39.3 Å². The van der Waals surface area contributed by atoms with E-state index in [1.807, 2.05) is 72.8 Å². The van der Waals surface area contributed by atoms with Crippen LogP contribution in [-0.4, -0.2) is 52.0 Å². The molecule has 0 fully saturated rings. The third-order valence-corrected chi connectivity index (χ3v) is 10.6. The number of unbranched alkanes of at least 4 members (excludes halogenated alkanes) is 16. The number of allylic oxidation sites excluding steroid dienone is 2.